The Morgan fingerprint density at radius 3 is 2.66 bits per heavy atom. The quantitative estimate of drug-likeness (QED) is 0.238. The number of ether oxygens (including phenoxy) is 2. The van der Waals surface area contributed by atoms with Crippen LogP contribution in [0.25, 0.3) is 6.08 Å². The van der Waals surface area contributed by atoms with Crippen LogP contribution in [0.1, 0.15) is 16.2 Å². The van der Waals surface area contributed by atoms with Gasteiger partial charge in [0.05, 0.1) is 4.92 Å². The molecule has 0 fully saturated rings. The van der Waals surface area contributed by atoms with Crippen molar-refractivity contribution in [3.63, 3.8) is 0 Å². The van der Waals surface area contributed by atoms with E-state index < -0.39 is 10.9 Å². The number of thiophene rings is 1. The molecule has 0 aliphatic carbocycles. The van der Waals surface area contributed by atoms with E-state index in [-0.39, 0.29) is 35.2 Å². The average molecular weight is 413 g/mol. The molecular formula is C20H15NO7S. The number of hydrogen-bond acceptors (Lipinski definition) is 8. The van der Waals surface area contributed by atoms with E-state index in [0.29, 0.717) is 4.88 Å². The number of nitrogens with zero attached hydrogens (tertiary/aromatic N) is 1. The normalized spacial score (nSPS) is 10.8. The van der Waals surface area contributed by atoms with Gasteiger partial charge >= 0.3 is 11.0 Å². The zero-order valence-corrected chi connectivity index (χ0v) is 15.8. The molecule has 9 heteroatoms. The van der Waals surface area contributed by atoms with Crippen molar-refractivity contribution in [2.75, 3.05) is 0 Å². The Labute approximate surface area is 168 Å². The van der Waals surface area contributed by atoms with Gasteiger partial charge in [-0.15, -0.1) is 0 Å². The molecule has 2 heterocycles. The predicted molar refractivity (Wildman–Crippen MR) is 106 cm³/mol. The number of rotatable bonds is 8. The maximum absolute atomic E-state index is 12.1. The lowest BCUT2D eigenvalue weighted by Gasteiger charge is -2.06. The van der Waals surface area contributed by atoms with Crippen molar-refractivity contribution < 1.29 is 23.6 Å². The third-order valence-corrected chi connectivity index (χ3v) is 4.62. The van der Waals surface area contributed by atoms with Crippen LogP contribution in [0.4, 0.5) is 5.00 Å². The SMILES string of the molecule is O=C(/C=C/c1ccc([N+](=O)[O-])s1)OCc1cc(=O)c(OCc2ccccc2)co1. The number of carbonyl (C=O) groups excluding carboxylic acids is 1. The Kier molecular flexibility index (Phi) is 6.54. The van der Waals surface area contributed by atoms with E-state index >= 15 is 0 Å². The molecule has 0 saturated carbocycles. The minimum absolute atomic E-state index is 0.0191. The zero-order chi connectivity index (χ0) is 20.6. The van der Waals surface area contributed by atoms with Crippen molar-refractivity contribution in [2.24, 2.45) is 0 Å². The third kappa shape index (κ3) is 5.88. The summed E-state index contributed by atoms with van der Waals surface area (Å²) >= 11 is 0.937. The summed E-state index contributed by atoms with van der Waals surface area (Å²) in [7, 11) is 0. The Bertz CT molecular complexity index is 1090. The summed E-state index contributed by atoms with van der Waals surface area (Å²) in [4.78, 5) is 34.5. The predicted octanol–water partition coefficient (Wildman–Crippen LogP) is 3.95. The van der Waals surface area contributed by atoms with Gasteiger partial charge in [-0.1, -0.05) is 41.7 Å². The minimum Gasteiger partial charge on any atom is -0.482 e. The molecule has 0 radical (unpaired) electrons. The summed E-state index contributed by atoms with van der Waals surface area (Å²) in [5.74, 6) is -0.452. The van der Waals surface area contributed by atoms with Gasteiger partial charge in [0.15, 0.2) is 0 Å². The van der Waals surface area contributed by atoms with Crippen molar-refractivity contribution in [1.82, 2.24) is 0 Å². The molecule has 0 unspecified atom stereocenters. The highest BCUT2D eigenvalue weighted by molar-refractivity contribution is 7.16. The minimum atomic E-state index is -0.673. The Morgan fingerprint density at radius 2 is 1.97 bits per heavy atom. The first kappa shape index (κ1) is 20.0. The Hall–Kier alpha value is -3.72. The van der Waals surface area contributed by atoms with Crippen LogP contribution >= 0.6 is 11.3 Å². The second-order valence-electron chi connectivity index (χ2n) is 5.72. The van der Waals surface area contributed by atoms with Gasteiger partial charge in [-0.2, -0.15) is 0 Å². The molecule has 0 aliphatic rings. The summed E-state index contributed by atoms with van der Waals surface area (Å²) < 4.78 is 15.7. The van der Waals surface area contributed by atoms with Crippen LogP contribution in [0.3, 0.4) is 0 Å². The fourth-order valence-electron chi connectivity index (χ4n) is 2.23. The summed E-state index contributed by atoms with van der Waals surface area (Å²) in [6.07, 6.45) is 3.73. The third-order valence-electron chi connectivity index (χ3n) is 3.62. The van der Waals surface area contributed by atoms with E-state index in [9.17, 15) is 19.7 Å². The fraction of sp³-hybridized carbons (Fsp3) is 0.100. The van der Waals surface area contributed by atoms with E-state index in [4.69, 9.17) is 13.9 Å². The highest BCUT2D eigenvalue weighted by Gasteiger charge is 2.09. The molecule has 0 bridgehead atoms. The van der Waals surface area contributed by atoms with Crippen LogP contribution in [0.2, 0.25) is 0 Å². The van der Waals surface area contributed by atoms with Gasteiger partial charge in [-0.3, -0.25) is 14.9 Å². The summed E-state index contributed by atoms with van der Waals surface area (Å²) in [5.41, 5.74) is 0.521. The van der Waals surface area contributed by atoms with Crippen molar-refractivity contribution in [1.29, 1.82) is 0 Å². The van der Waals surface area contributed by atoms with Crippen LogP contribution in [0.15, 0.2) is 70.1 Å². The molecule has 0 saturated heterocycles. The lowest BCUT2D eigenvalue weighted by Crippen LogP contribution is -2.09. The maximum Gasteiger partial charge on any atom is 0.331 e. The van der Waals surface area contributed by atoms with Gasteiger partial charge in [0.1, 0.15) is 25.2 Å². The molecule has 2 aromatic heterocycles. The van der Waals surface area contributed by atoms with Crippen molar-refractivity contribution in [3.05, 3.63) is 97.4 Å². The first-order valence-electron chi connectivity index (χ1n) is 8.39. The Balaban J connectivity index is 1.51. The summed E-state index contributed by atoms with van der Waals surface area (Å²) in [6, 6.07) is 13.4. The number of hydrogen-bond donors (Lipinski definition) is 0. The van der Waals surface area contributed by atoms with E-state index in [0.717, 1.165) is 23.0 Å². The van der Waals surface area contributed by atoms with Crippen molar-refractivity contribution in [2.45, 2.75) is 13.2 Å². The summed E-state index contributed by atoms with van der Waals surface area (Å²) in [5, 5.41) is 10.6. The molecule has 0 amide bonds. The first-order chi connectivity index (χ1) is 14.0. The molecule has 1 aromatic carbocycles. The second kappa shape index (κ2) is 9.47. The molecular weight excluding hydrogens is 398 g/mol. The molecule has 8 nitrogen and oxygen atoms in total. The number of benzene rings is 1. The maximum atomic E-state index is 12.1. The van der Waals surface area contributed by atoms with E-state index in [1.165, 1.54) is 30.5 Å². The smallest absolute Gasteiger partial charge is 0.331 e. The van der Waals surface area contributed by atoms with Crippen LogP contribution in [-0.4, -0.2) is 10.9 Å². The standard InChI is InChI=1S/C20H15NO7S/c22-17-10-15(26-13-18(17)27-11-14-4-2-1-3-5-14)12-28-20(23)9-7-16-6-8-19(29-16)21(24)25/h1-10,13H,11-12H2/b9-7+. The van der Waals surface area contributed by atoms with Gasteiger partial charge in [0.2, 0.25) is 11.2 Å². The number of esters is 1. The molecule has 0 atom stereocenters. The van der Waals surface area contributed by atoms with E-state index in [1.807, 2.05) is 30.3 Å². The second-order valence-corrected chi connectivity index (χ2v) is 6.82. The highest BCUT2D eigenvalue weighted by atomic mass is 32.1. The molecule has 0 aliphatic heterocycles. The highest BCUT2D eigenvalue weighted by Crippen LogP contribution is 2.24. The van der Waals surface area contributed by atoms with Crippen LogP contribution in [0, 0.1) is 10.1 Å². The fourth-order valence-corrected chi connectivity index (χ4v) is 2.95. The lowest BCUT2D eigenvalue weighted by atomic mass is 10.2. The van der Waals surface area contributed by atoms with E-state index in [2.05, 4.69) is 0 Å². The first-order valence-corrected chi connectivity index (χ1v) is 9.20. The number of carbonyl (C=O) groups is 1. The molecule has 3 rings (SSSR count). The average Bonchev–Trinajstić information content (AvgIpc) is 3.20. The van der Waals surface area contributed by atoms with Gasteiger partial charge in [0, 0.05) is 23.1 Å². The van der Waals surface area contributed by atoms with Gasteiger partial charge in [-0.05, 0) is 17.7 Å². The topological polar surface area (TPSA) is 109 Å². The zero-order valence-electron chi connectivity index (χ0n) is 15.0. The van der Waals surface area contributed by atoms with Gasteiger partial charge in [0.25, 0.3) is 0 Å². The van der Waals surface area contributed by atoms with Gasteiger partial charge in [-0.25, -0.2) is 4.79 Å². The largest absolute Gasteiger partial charge is 0.482 e. The van der Waals surface area contributed by atoms with Crippen LogP contribution < -0.4 is 10.2 Å². The Morgan fingerprint density at radius 1 is 1.17 bits per heavy atom. The van der Waals surface area contributed by atoms with E-state index in [1.54, 1.807) is 0 Å². The molecule has 148 valence electrons. The number of nitro groups is 1. The summed E-state index contributed by atoms with van der Waals surface area (Å²) in [6.45, 7) is -0.00637. The van der Waals surface area contributed by atoms with Crippen molar-refractivity contribution >= 4 is 28.4 Å². The molecule has 29 heavy (non-hydrogen) atoms. The molecule has 0 spiro atoms. The van der Waals surface area contributed by atoms with Crippen molar-refractivity contribution in [3.8, 4) is 5.75 Å². The molecule has 0 N–H and O–H groups in total. The monoisotopic (exact) mass is 413 g/mol. The van der Waals surface area contributed by atoms with Crippen LogP contribution in [-0.2, 0) is 22.7 Å². The lowest BCUT2D eigenvalue weighted by molar-refractivity contribution is -0.380. The van der Waals surface area contributed by atoms with Gasteiger partial charge < -0.3 is 13.9 Å². The van der Waals surface area contributed by atoms with Crippen LogP contribution in [0.5, 0.6) is 5.75 Å². The molecule has 3 aromatic rings.